The Bertz CT molecular complexity index is 614. The molecule has 5 heteroatoms. The lowest BCUT2D eigenvalue weighted by Crippen LogP contribution is -2.37. The number of nitrogens with zero attached hydrogens (tertiary/aromatic N) is 2. The van der Waals surface area contributed by atoms with Crippen molar-refractivity contribution in [2.75, 3.05) is 11.9 Å². The van der Waals surface area contributed by atoms with Crippen LogP contribution in [0.3, 0.4) is 0 Å². The van der Waals surface area contributed by atoms with E-state index in [1.165, 1.54) is 17.3 Å². The molecule has 0 saturated carbocycles. The highest BCUT2D eigenvalue weighted by molar-refractivity contribution is 5.98. The molecule has 0 aliphatic heterocycles. The number of benzene rings is 1. The lowest BCUT2D eigenvalue weighted by atomic mass is 10.2. The first-order chi connectivity index (χ1) is 10.1. The summed E-state index contributed by atoms with van der Waals surface area (Å²) < 4.78 is 5.18. The average molecular weight is 284 g/mol. The zero-order valence-corrected chi connectivity index (χ0v) is 11.9. The minimum absolute atomic E-state index is 0.288. The molecule has 0 saturated heterocycles. The Morgan fingerprint density at radius 2 is 1.71 bits per heavy atom. The molecule has 0 spiro atoms. The fourth-order valence-corrected chi connectivity index (χ4v) is 1.82. The molecule has 1 aromatic carbocycles. The molecule has 108 valence electrons. The molecule has 21 heavy (non-hydrogen) atoms. The summed E-state index contributed by atoms with van der Waals surface area (Å²) in [5, 5.41) is 0. The summed E-state index contributed by atoms with van der Waals surface area (Å²) in [5.41, 5.74) is 1.11. The predicted molar refractivity (Wildman–Crippen MR) is 79.0 cm³/mol. The molecule has 2 aromatic rings. The van der Waals surface area contributed by atoms with Gasteiger partial charge in [-0.3, -0.25) is 9.78 Å². The van der Waals surface area contributed by atoms with E-state index >= 15 is 0 Å². The SMILES string of the molecule is C[C@@H](OC(=O)c1ccncc1)C(=O)N(C)c1ccccc1. The molecule has 1 amide bonds. The van der Waals surface area contributed by atoms with Crippen LogP contribution in [0.15, 0.2) is 54.9 Å². The van der Waals surface area contributed by atoms with Gasteiger partial charge in [-0.2, -0.15) is 0 Å². The second-order valence-electron chi connectivity index (χ2n) is 4.52. The first kappa shape index (κ1) is 14.7. The van der Waals surface area contributed by atoms with Crippen molar-refractivity contribution >= 4 is 17.6 Å². The Kier molecular flexibility index (Phi) is 4.66. The average Bonchev–Trinajstić information content (AvgIpc) is 2.55. The number of amides is 1. The van der Waals surface area contributed by atoms with E-state index in [1.807, 2.05) is 30.3 Å². The second-order valence-corrected chi connectivity index (χ2v) is 4.52. The van der Waals surface area contributed by atoms with Crippen LogP contribution in [-0.4, -0.2) is 30.0 Å². The number of esters is 1. The van der Waals surface area contributed by atoms with E-state index in [9.17, 15) is 9.59 Å². The summed E-state index contributed by atoms with van der Waals surface area (Å²) in [6, 6.07) is 12.3. The van der Waals surface area contributed by atoms with Gasteiger partial charge >= 0.3 is 5.97 Å². The number of hydrogen-bond donors (Lipinski definition) is 0. The molecule has 0 N–H and O–H groups in total. The highest BCUT2D eigenvalue weighted by Gasteiger charge is 2.22. The second kappa shape index (κ2) is 6.65. The van der Waals surface area contributed by atoms with Gasteiger partial charge in [-0.1, -0.05) is 18.2 Å². The number of para-hydroxylation sites is 1. The standard InChI is InChI=1S/C16H16N2O3/c1-12(21-16(20)13-8-10-17-11-9-13)15(19)18(2)14-6-4-3-5-7-14/h3-12H,1-2H3/t12-/m1/s1. The summed E-state index contributed by atoms with van der Waals surface area (Å²) >= 11 is 0. The molecule has 1 atom stereocenters. The Hall–Kier alpha value is -2.69. The molecule has 2 rings (SSSR count). The van der Waals surface area contributed by atoms with E-state index in [-0.39, 0.29) is 5.91 Å². The van der Waals surface area contributed by atoms with Crippen molar-refractivity contribution in [1.82, 2.24) is 4.98 Å². The van der Waals surface area contributed by atoms with E-state index in [4.69, 9.17) is 4.74 Å². The quantitative estimate of drug-likeness (QED) is 0.808. The van der Waals surface area contributed by atoms with E-state index < -0.39 is 12.1 Å². The summed E-state index contributed by atoms with van der Waals surface area (Å²) in [5.74, 6) is -0.830. The highest BCUT2D eigenvalue weighted by Crippen LogP contribution is 2.13. The lowest BCUT2D eigenvalue weighted by Gasteiger charge is -2.21. The number of likely N-dealkylation sites (N-methyl/N-ethyl adjacent to an activating group) is 1. The van der Waals surface area contributed by atoms with Crippen molar-refractivity contribution in [2.24, 2.45) is 0 Å². The van der Waals surface area contributed by atoms with E-state index in [0.29, 0.717) is 5.56 Å². The van der Waals surface area contributed by atoms with Gasteiger partial charge in [0.15, 0.2) is 6.10 Å². The molecule has 0 bridgehead atoms. The van der Waals surface area contributed by atoms with Crippen LogP contribution < -0.4 is 4.90 Å². The molecule has 0 unspecified atom stereocenters. The van der Waals surface area contributed by atoms with Crippen molar-refractivity contribution in [3.63, 3.8) is 0 Å². The number of rotatable bonds is 4. The molecule has 0 aliphatic carbocycles. The third kappa shape index (κ3) is 3.66. The van der Waals surface area contributed by atoms with Gasteiger partial charge in [0.25, 0.3) is 5.91 Å². The third-order valence-electron chi connectivity index (χ3n) is 3.02. The Labute approximate surface area is 123 Å². The summed E-state index contributed by atoms with van der Waals surface area (Å²) in [6.07, 6.45) is 2.13. The van der Waals surface area contributed by atoms with Gasteiger partial charge in [-0.25, -0.2) is 4.79 Å². The van der Waals surface area contributed by atoms with Crippen molar-refractivity contribution < 1.29 is 14.3 Å². The van der Waals surface area contributed by atoms with Crippen LogP contribution in [0.25, 0.3) is 0 Å². The van der Waals surface area contributed by atoms with Crippen LogP contribution in [0.4, 0.5) is 5.69 Å². The van der Waals surface area contributed by atoms with Crippen LogP contribution in [0.2, 0.25) is 0 Å². The fraction of sp³-hybridized carbons (Fsp3) is 0.188. The number of anilines is 1. The number of carbonyl (C=O) groups is 2. The molecule has 0 radical (unpaired) electrons. The van der Waals surface area contributed by atoms with Crippen LogP contribution in [0, 0.1) is 0 Å². The van der Waals surface area contributed by atoms with E-state index in [0.717, 1.165) is 5.69 Å². The molecular weight excluding hydrogens is 268 g/mol. The zero-order valence-electron chi connectivity index (χ0n) is 11.9. The van der Waals surface area contributed by atoms with Gasteiger partial charge in [0.05, 0.1) is 5.56 Å². The minimum atomic E-state index is -0.865. The van der Waals surface area contributed by atoms with Crippen molar-refractivity contribution in [3.8, 4) is 0 Å². The molecule has 5 nitrogen and oxygen atoms in total. The van der Waals surface area contributed by atoms with Crippen LogP contribution in [0.1, 0.15) is 17.3 Å². The first-order valence-electron chi connectivity index (χ1n) is 6.53. The Morgan fingerprint density at radius 1 is 1.10 bits per heavy atom. The van der Waals surface area contributed by atoms with Gasteiger partial charge in [0.1, 0.15) is 0 Å². The van der Waals surface area contributed by atoms with Crippen LogP contribution >= 0.6 is 0 Å². The third-order valence-corrected chi connectivity index (χ3v) is 3.02. The van der Waals surface area contributed by atoms with E-state index in [1.54, 1.807) is 26.1 Å². The predicted octanol–water partition coefficient (Wildman–Crippen LogP) is 2.29. The maximum Gasteiger partial charge on any atom is 0.339 e. The van der Waals surface area contributed by atoms with Crippen LogP contribution in [-0.2, 0) is 9.53 Å². The van der Waals surface area contributed by atoms with E-state index in [2.05, 4.69) is 4.98 Å². The van der Waals surface area contributed by atoms with Gasteiger partial charge < -0.3 is 9.64 Å². The molecular formula is C16H16N2O3. The zero-order chi connectivity index (χ0) is 15.2. The number of carbonyl (C=O) groups excluding carboxylic acids is 2. The Morgan fingerprint density at radius 3 is 2.33 bits per heavy atom. The van der Waals surface area contributed by atoms with Gasteiger partial charge in [0, 0.05) is 25.1 Å². The summed E-state index contributed by atoms with van der Waals surface area (Å²) in [7, 11) is 1.65. The highest BCUT2D eigenvalue weighted by atomic mass is 16.5. The summed E-state index contributed by atoms with van der Waals surface area (Å²) in [6.45, 7) is 1.56. The minimum Gasteiger partial charge on any atom is -0.449 e. The van der Waals surface area contributed by atoms with Gasteiger partial charge in [-0.05, 0) is 31.2 Å². The van der Waals surface area contributed by atoms with Gasteiger partial charge in [0.2, 0.25) is 0 Å². The molecule has 1 aromatic heterocycles. The van der Waals surface area contributed by atoms with Crippen molar-refractivity contribution in [2.45, 2.75) is 13.0 Å². The summed E-state index contributed by atoms with van der Waals surface area (Å²) in [4.78, 5) is 29.4. The fourth-order valence-electron chi connectivity index (χ4n) is 1.82. The number of pyridine rings is 1. The van der Waals surface area contributed by atoms with Gasteiger partial charge in [-0.15, -0.1) is 0 Å². The smallest absolute Gasteiger partial charge is 0.339 e. The van der Waals surface area contributed by atoms with Crippen molar-refractivity contribution in [1.29, 1.82) is 0 Å². The number of hydrogen-bond acceptors (Lipinski definition) is 4. The molecule has 0 aliphatic rings. The molecule has 1 heterocycles. The largest absolute Gasteiger partial charge is 0.449 e. The normalized spacial score (nSPS) is 11.5. The van der Waals surface area contributed by atoms with Crippen molar-refractivity contribution in [3.05, 3.63) is 60.4 Å². The topological polar surface area (TPSA) is 59.5 Å². The number of aromatic nitrogens is 1. The monoisotopic (exact) mass is 284 g/mol. The number of ether oxygens (including phenoxy) is 1. The first-order valence-corrected chi connectivity index (χ1v) is 6.53. The maximum atomic E-state index is 12.2. The maximum absolute atomic E-state index is 12.2. The Balaban J connectivity index is 2.01. The van der Waals surface area contributed by atoms with Crippen LogP contribution in [0.5, 0.6) is 0 Å². The lowest BCUT2D eigenvalue weighted by molar-refractivity contribution is -0.126. The molecule has 0 fully saturated rings.